The van der Waals surface area contributed by atoms with Crippen molar-refractivity contribution in [2.45, 2.75) is 37.8 Å². The minimum atomic E-state index is -0.403. The summed E-state index contributed by atoms with van der Waals surface area (Å²) < 4.78 is 0. The first-order valence-corrected chi connectivity index (χ1v) is 8.33. The number of benzene rings is 2. The molecule has 2 aromatic rings. The number of hydrogen-bond donors (Lipinski definition) is 1. The van der Waals surface area contributed by atoms with E-state index in [1.807, 2.05) is 0 Å². The topological polar surface area (TPSA) is 29.3 Å². The maximum absolute atomic E-state index is 6.90. The van der Waals surface area contributed by atoms with E-state index in [1.54, 1.807) is 0 Å². The maximum Gasteiger partial charge on any atom is 0.0580 e. The van der Waals surface area contributed by atoms with E-state index in [2.05, 4.69) is 72.5 Å². The molecular formula is C20H26N2. The molecule has 2 heteroatoms. The lowest BCUT2D eigenvalue weighted by Crippen LogP contribution is -2.49. The molecule has 0 bridgehead atoms. The zero-order valence-electron chi connectivity index (χ0n) is 13.4. The first kappa shape index (κ1) is 15.3. The Bertz CT molecular complexity index is 571. The molecular weight excluding hydrogens is 268 g/mol. The van der Waals surface area contributed by atoms with Crippen LogP contribution in [0.4, 0.5) is 0 Å². The molecule has 2 aromatic carbocycles. The monoisotopic (exact) mass is 294 g/mol. The molecule has 0 aliphatic carbocycles. The number of likely N-dealkylation sites (tertiary alicyclic amines) is 1. The van der Waals surface area contributed by atoms with Gasteiger partial charge in [-0.3, -0.25) is 4.90 Å². The van der Waals surface area contributed by atoms with Crippen LogP contribution in [0, 0.1) is 0 Å². The van der Waals surface area contributed by atoms with Crippen LogP contribution < -0.4 is 5.73 Å². The van der Waals surface area contributed by atoms with Gasteiger partial charge >= 0.3 is 0 Å². The van der Waals surface area contributed by atoms with Crippen LogP contribution in [0.2, 0.25) is 0 Å². The minimum absolute atomic E-state index is 0.219. The van der Waals surface area contributed by atoms with Crippen molar-refractivity contribution in [3.63, 3.8) is 0 Å². The van der Waals surface area contributed by atoms with Crippen LogP contribution in [0.25, 0.3) is 0 Å². The fourth-order valence-corrected chi connectivity index (χ4v) is 3.70. The van der Waals surface area contributed by atoms with Crippen molar-refractivity contribution in [3.05, 3.63) is 71.8 Å². The average molecular weight is 294 g/mol. The molecule has 2 nitrogen and oxygen atoms in total. The van der Waals surface area contributed by atoms with E-state index in [-0.39, 0.29) is 6.04 Å². The van der Waals surface area contributed by atoms with E-state index in [0.717, 1.165) is 13.1 Å². The van der Waals surface area contributed by atoms with Crippen molar-refractivity contribution >= 4 is 0 Å². The zero-order chi connectivity index (χ0) is 15.4. The van der Waals surface area contributed by atoms with E-state index in [1.165, 1.54) is 30.4 Å². The van der Waals surface area contributed by atoms with Gasteiger partial charge in [-0.05, 0) is 44.0 Å². The highest BCUT2D eigenvalue weighted by Gasteiger charge is 2.37. The van der Waals surface area contributed by atoms with Gasteiger partial charge < -0.3 is 5.73 Å². The van der Waals surface area contributed by atoms with Gasteiger partial charge in [0.2, 0.25) is 0 Å². The van der Waals surface area contributed by atoms with E-state index in [4.69, 9.17) is 5.73 Å². The first-order valence-electron chi connectivity index (χ1n) is 8.33. The third kappa shape index (κ3) is 3.08. The summed E-state index contributed by atoms with van der Waals surface area (Å²) in [7, 11) is 0. The highest BCUT2D eigenvalue weighted by atomic mass is 15.2. The normalized spacial score (nSPS) is 20.3. The molecule has 1 fully saturated rings. The molecule has 3 rings (SSSR count). The van der Waals surface area contributed by atoms with Crippen LogP contribution in [-0.4, -0.2) is 18.0 Å². The average Bonchev–Trinajstić information content (AvgIpc) is 2.58. The highest BCUT2D eigenvalue weighted by molar-refractivity contribution is 5.31. The van der Waals surface area contributed by atoms with Gasteiger partial charge in [0, 0.05) is 0 Å². The maximum atomic E-state index is 6.90. The summed E-state index contributed by atoms with van der Waals surface area (Å²) in [5, 5.41) is 0. The standard InChI is InChI=1S/C20H26N2/c1-20(21,18-13-7-3-8-14-18)19(17-11-5-2-6-12-17)22-15-9-4-10-16-22/h2-3,5-8,11-14,19H,4,9-10,15-16,21H2,1H3. The number of rotatable bonds is 4. The third-order valence-electron chi connectivity index (χ3n) is 4.83. The summed E-state index contributed by atoms with van der Waals surface area (Å²) >= 11 is 0. The second-order valence-corrected chi connectivity index (χ2v) is 6.56. The Morgan fingerprint density at radius 1 is 0.864 bits per heavy atom. The summed E-state index contributed by atoms with van der Waals surface area (Å²) in [5.74, 6) is 0. The van der Waals surface area contributed by atoms with Crippen LogP contribution in [0.3, 0.4) is 0 Å². The van der Waals surface area contributed by atoms with Crippen LogP contribution in [-0.2, 0) is 5.54 Å². The summed E-state index contributed by atoms with van der Waals surface area (Å²) in [6, 6.07) is 21.5. The Morgan fingerprint density at radius 2 is 1.41 bits per heavy atom. The lowest BCUT2D eigenvalue weighted by Gasteiger charge is -2.44. The van der Waals surface area contributed by atoms with Gasteiger partial charge in [0.15, 0.2) is 0 Å². The van der Waals surface area contributed by atoms with Crippen molar-refractivity contribution in [1.29, 1.82) is 0 Å². The summed E-state index contributed by atoms with van der Waals surface area (Å²) in [4.78, 5) is 2.58. The van der Waals surface area contributed by atoms with Gasteiger partial charge in [-0.1, -0.05) is 67.1 Å². The van der Waals surface area contributed by atoms with E-state index < -0.39 is 5.54 Å². The van der Waals surface area contributed by atoms with Crippen LogP contribution in [0.15, 0.2) is 60.7 Å². The fraction of sp³-hybridized carbons (Fsp3) is 0.400. The van der Waals surface area contributed by atoms with Gasteiger partial charge in [0.25, 0.3) is 0 Å². The van der Waals surface area contributed by atoms with Crippen molar-refractivity contribution < 1.29 is 0 Å². The number of hydrogen-bond acceptors (Lipinski definition) is 2. The van der Waals surface area contributed by atoms with Gasteiger partial charge in [0.05, 0.1) is 11.6 Å². The largest absolute Gasteiger partial charge is 0.320 e. The lowest BCUT2D eigenvalue weighted by molar-refractivity contribution is 0.104. The molecule has 1 heterocycles. The Morgan fingerprint density at radius 3 is 2.00 bits per heavy atom. The van der Waals surface area contributed by atoms with Crippen LogP contribution >= 0.6 is 0 Å². The van der Waals surface area contributed by atoms with E-state index >= 15 is 0 Å². The van der Waals surface area contributed by atoms with E-state index in [0.29, 0.717) is 0 Å². The quantitative estimate of drug-likeness (QED) is 0.920. The zero-order valence-corrected chi connectivity index (χ0v) is 13.4. The molecule has 2 unspecified atom stereocenters. The fourth-order valence-electron chi connectivity index (χ4n) is 3.70. The van der Waals surface area contributed by atoms with Gasteiger partial charge in [-0.25, -0.2) is 0 Å². The van der Waals surface area contributed by atoms with Gasteiger partial charge in [0.1, 0.15) is 0 Å². The number of nitrogens with two attached hydrogens (primary N) is 1. The third-order valence-corrected chi connectivity index (χ3v) is 4.83. The van der Waals surface area contributed by atoms with Crippen molar-refractivity contribution in [2.24, 2.45) is 5.73 Å². The highest BCUT2D eigenvalue weighted by Crippen LogP contribution is 2.38. The Labute approximate surface area is 134 Å². The van der Waals surface area contributed by atoms with Crippen molar-refractivity contribution in [1.82, 2.24) is 4.90 Å². The van der Waals surface area contributed by atoms with E-state index in [9.17, 15) is 0 Å². The Kier molecular flexibility index (Phi) is 4.60. The predicted octanol–water partition coefficient (Wildman–Crippen LogP) is 4.09. The molecule has 116 valence electrons. The van der Waals surface area contributed by atoms with Crippen LogP contribution in [0.5, 0.6) is 0 Å². The molecule has 1 aliphatic heterocycles. The summed E-state index contributed by atoms with van der Waals surface area (Å²) in [5.41, 5.74) is 9.02. The molecule has 1 saturated heterocycles. The summed E-state index contributed by atoms with van der Waals surface area (Å²) in [6.45, 7) is 4.45. The molecule has 22 heavy (non-hydrogen) atoms. The van der Waals surface area contributed by atoms with Crippen molar-refractivity contribution in [2.75, 3.05) is 13.1 Å². The first-order chi connectivity index (χ1) is 10.7. The number of nitrogens with zero attached hydrogens (tertiary/aromatic N) is 1. The smallest absolute Gasteiger partial charge is 0.0580 e. The molecule has 0 saturated carbocycles. The van der Waals surface area contributed by atoms with Gasteiger partial charge in [-0.15, -0.1) is 0 Å². The number of piperidine rings is 1. The molecule has 0 spiro atoms. The molecule has 2 N–H and O–H groups in total. The molecule has 0 amide bonds. The molecule has 1 aliphatic rings. The van der Waals surface area contributed by atoms with Crippen LogP contribution in [0.1, 0.15) is 43.4 Å². The van der Waals surface area contributed by atoms with Gasteiger partial charge in [-0.2, -0.15) is 0 Å². The summed E-state index contributed by atoms with van der Waals surface area (Å²) in [6.07, 6.45) is 3.88. The second kappa shape index (κ2) is 6.64. The predicted molar refractivity (Wildman–Crippen MR) is 92.6 cm³/mol. The lowest BCUT2D eigenvalue weighted by atomic mass is 9.80. The Hall–Kier alpha value is -1.64. The molecule has 0 aromatic heterocycles. The van der Waals surface area contributed by atoms with Crippen molar-refractivity contribution in [3.8, 4) is 0 Å². The Balaban J connectivity index is 2.01. The minimum Gasteiger partial charge on any atom is -0.320 e. The molecule has 0 radical (unpaired) electrons. The SMILES string of the molecule is CC(N)(c1ccccc1)C(c1ccccc1)N1CCCCC1. The molecule has 2 atom stereocenters. The second-order valence-electron chi connectivity index (χ2n) is 6.56.